The molecule has 0 saturated carbocycles. The van der Waals surface area contributed by atoms with Crippen molar-refractivity contribution in [1.82, 2.24) is 4.90 Å². The fourth-order valence-corrected chi connectivity index (χ4v) is 2.14. The molecule has 0 aliphatic carbocycles. The Hall–Kier alpha value is -1.31. The first-order valence-corrected chi connectivity index (χ1v) is 6.77. The van der Waals surface area contributed by atoms with Crippen molar-refractivity contribution in [3.8, 4) is 0 Å². The van der Waals surface area contributed by atoms with E-state index in [1.165, 1.54) is 23.9 Å². The van der Waals surface area contributed by atoms with E-state index in [1.807, 2.05) is 6.92 Å². The van der Waals surface area contributed by atoms with Crippen molar-refractivity contribution in [2.75, 3.05) is 19.3 Å². The highest BCUT2D eigenvalue weighted by Gasteiger charge is 2.14. The third-order valence-corrected chi connectivity index (χ3v) is 3.80. The van der Waals surface area contributed by atoms with Gasteiger partial charge in [0.1, 0.15) is 0 Å². The summed E-state index contributed by atoms with van der Waals surface area (Å²) >= 11 is 1.35. The van der Waals surface area contributed by atoms with Crippen molar-refractivity contribution in [3.63, 3.8) is 0 Å². The Balaban J connectivity index is 0.00000361. The average Bonchev–Trinajstić information content (AvgIpc) is 2.43. The quantitative estimate of drug-likeness (QED) is 0.491. The second-order valence-electron chi connectivity index (χ2n) is 4.13. The fourth-order valence-electron chi connectivity index (χ4n) is 1.31. The third-order valence-electron chi connectivity index (χ3n) is 2.81. The molecule has 0 aliphatic heterocycles. The zero-order valence-electron chi connectivity index (χ0n) is 11.3. The second kappa shape index (κ2) is 8.78. The fraction of sp³-hybridized carbons (Fsp3) is 0.417. The van der Waals surface area contributed by atoms with E-state index in [9.17, 15) is 14.9 Å². The summed E-state index contributed by atoms with van der Waals surface area (Å²) in [6.07, 6.45) is 0. The number of hydrogen-bond acceptors (Lipinski definition) is 5. The van der Waals surface area contributed by atoms with Crippen LogP contribution in [0.25, 0.3) is 0 Å². The number of carbonyl (C=O) groups excluding carboxylic acids is 1. The van der Waals surface area contributed by atoms with Crippen molar-refractivity contribution in [2.24, 2.45) is 5.73 Å². The van der Waals surface area contributed by atoms with Crippen LogP contribution in [0.2, 0.25) is 0 Å². The predicted molar refractivity (Wildman–Crippen MR) is 82.4 cm³/mol. The molecule has 1 rings (SSSR count). The highest BCUT2D eigenvalue weighted by molar-refractivity contribution is 8.00. The SMILES string of the molecule is CC(CN)N(C)C(=O)CSc1ccc([N+](=O)[O-])cc1.Cl. The number of amides is 1. The largest absolute Gasteiger partial charge is 0.341 e. The van der Waals surface area contributed by atoms with E-state index in [0.717, 1.165) is 4.90 Å². The molecule has 1 unspecified atom stereocenters. The molecule has 1 aromatic rings. The van der Waals surface area contributed by atoms with Gasteiger partial charge in [-0.05, 0) is 19.1 Å². The van der Waals surface area contributed by atoms with Gasteiger partial charge in [0.25, 0.3) is 5.69 Å². The van der Waals surface area contributed by atoms with Crippen LogP contribution >= 0.6 is 24.2 Å². The summed E-state index contributed by atoms with van der Waals surface area (Å²) in [7, 11) is 1.72. The number of non-ortho nitro benzene ring substituents is 1. The Labute approximate surface area is 128 Å². The molecule has 0 aromatic heterocycles. The Morgan fingerprint density at radius 1 is 1.45 bits per heavy atom. The van der Waals surface area contributed by atoms with E-state index in [1.54, 1.807) is 24.1 Å². The number of hydrogen-bond donors (Lipinski definition) is 1. The van der Waals surface area contributed by atoms with Gasteiger partial charge in [0.15, 0.2) is 0 Å². The molecule has 1 amide bonds. The Morgan fingerprint density at radius 2 is 2.00 bits per heavy atom. The summed E-state index contributed by atoms with van der Waals surface area (Å²) in [5.74, 6) is 0.278. The predicted octanol–water partition coefficient (Wildman–Crippen LogP) is 1.91. The molecule has 0 heterocycles. The minimum atomic E-state index is -0.448. The lowest BCUT2D eigenvalue weighted by molar-refractivity contribution is -0.384. The highest BCUT2D eigenvalue weighted by Crippen LogP contribution is 2.21. The molecule has 1 atom stereocenters. The number of halogens is 1. The number of nitro groups is 1. The molecular formula is C12H18ClN3O3S. The molecule has 112 valence electrons. The second-order valence-corrected chi connectivity index (χ2v) is 5.18. The molecule has 0 spiro atoms. The standard InChI is InChI=1S/C12H17N3O3S.ClH/c1-9(7-13)14(2)12(16)8-19-11-5-3-10(4-6-11)15(17)18;/h3-6,9H,7-8,13H2,1-2H3;1H. The number of nitrogens with two attached hydrogens (primary N) is 1. The van der Waals surface area contributed by atoms with Crippen LogP contribution in [0.3, 0.4) is 0 Å². The van der Waals surface area contributed by atoms with Crippen molar-refractivity contribution in [2.45, 2.75) is 17.9 Å². The van der Waals surface area contributed by atoms with Crippen molar-refractivity contribution < 1.29 is 9.72 Å². The molecular weight excluding hydrogens is 302 g/mol. The lowest BCUT2D eigenvalue weighted by atomic mass is 10.3. The lowest BCUT2D eigenvalue weighted by Gasteiger charge is -2.23. The van der Waals surface area contributed by atoms with Gasteiger partial charge in [-0.15, -0.1) is 24.2 Å². The zero-order valence-corrected chi connectivity index (χ0v) is 12.9. The van der Waals surface area contributed by atoms with Gasteiger partial charge < -0.3 is 10.6 Å². The Morgan fingerprint density at radius 3 is 2.45 bits per heavy atom. The van der Waals surface area contributed by atoms with Crippen LogP contribution < -0.4 is 5.73 Å². The number of thioether (sulfide) groups is 1. The number of nitro benzene ring substituents is 1. The van der Waals surface area contributed by atoms with Gasteiger partial charge in [-0.1, -0.05) is 0 Å². The molecule has 6 nitrogen and oxygen atoms in total. The van der Waals surface area contributed by atoms with Gasteiger partial charge in [-0.3, -0.25) is 14.9 Å². The molecule has 0 fully saturated rings. The van der Waals surface area contributed by atoms with Crippen LogP contribution in [0.15, 0.2) is 29.2 Å². The summed E-state index contributed by atoms with van der Waals surface area (Å²) in [6.45, 7) is 2.30. The van der Waals surface area contributed by atoms with Crippen LogP contribution in [0, 0.1) is 10.1 Å². The third kappa shape index (κ3) is 5.36. The van der Waals surface area contributed by atoms with E-state index >= 15 is 0 Å². The molecule has 0 aliphatic rings. The van der Waals surface area contributed by atoms with Gasteiger partial charge in [0, 0.05) is 36.7 Å². The van der Waals surface area contributed by atoms with Gasteiger partial charge in [0.2, 0.25) is 5.91 Å². The van der Waals surface area contributed by atoms with E-state index < -0.39 is 4.92 Å². The summed E-state index contributed by atoms with van der Waals surface area (Å²) in [6, 6.07) is 6.15. The van der Waals surface area contributed by atoms with Crippen LogP contribution in [-0.4, -0.2) is 41.1 Å². The van der Waals surface area contributed by atoms with Crippen molar-refractivity contribution >= 4 is 35.8 Å². The zero-order chi connectivity index (χ0) is 14.4. The normalized spacial score (nSPS) is 11.3. The van der Waals surface area contributed by atoms with Gasteiger partial charge in [-0.2, -0.15) is 0 Å². The van der Waals surface area contributed by atoms with Gasteiger partial charge >= 0.3 is 0 Å². The summed E-state index contributed by atoms with van der Waals surface area (Å²) in [5, 5.41) is 10.5. The van der Waals surface area contributed by atoms with E-state index in [4.69, 9.17) is 5.73 Å². The Bertz CT molecular complexity index is 456. The first-order chi connectivity index (χ1) is 8.95. The Kier molecular flexibility index (Phi) is 8.21. The van der Waals surface area contributed by atoms with Crippen LogP contribution in [-0.2, 0) is 4.79 Å². The van der Waals surface area contributed by atoms with Crippen LogP contribution in [0.1, 0.15) is 6.92 Å². The molecule has 0 saturated heterocycles. The molecule has 2 N–H and O–H groups in total. The minimum Gasteiger partial charge on any atom is -0.341 e. The lowest BCUT2D eigenvalue weighted by Crippen LogP contribution is -2.40. The molecule has 8 heteroatoms. The van der Waals surface area contributed by atoms with Crippen molar-refractivity contribution in [3.05, 3.63) is 34.4 Å². The average molecular weight is 320 g/mol. The van der Waals surface area contributed by atoms with Crippen LogP contribution in [0.5, 0.6) is 0 Å². The van der Waals surface area contributed by atoms with Crippen molar-refractivity contribution in [1.29, 1.82) is 0 Å². The summed E-state index contributed by atoms with van der Waals surface area (Å²) < 4.78 is 0. The highest BCUT2D eigenvalue weighted by atomic mass is 35.5. The maximum Gasteiger partial charge on any atom is 0.269 e. The van der Waals surface area contributed by atoms with E-state index in [0.29, 0.717) is 12.3 Å². The van der Waals surface area contributed by atoms with E-state index in [2.05, 4.69) is 0 Å². The first-order valence-electron chi connectivity index (χ1n) is 5.78. The number of nitrogens with zero attached hydrogens (tertiary/aromatic N) is 2. The smallest absolute Gasteiger partial charge is 0.269 e. The number of rotatable bonds is 6. The molecule has 20 heavy (non-hydrogen) atoms. The number of carbonyl (C=O) groups is 1. The van der Waals surface area contributed by atoms with Gasteiger partial charge in [0.05, 0.1) is 10.7 Å². The monoisotopic (exact) mass is 319 g/mol. The topological polar surface area (TPSA) is 89.5 Å². The molecule has 1 aromatic carbocycles. The van der Waals surface area contributed by atoms with Gasteiger partial charge in [-0.25, -0.2) is 0 Å². The van der Waals surface area contributed by atoms with Crippen LogP contribution in [0.4, 0.5) is 5.69 Å². The minimum absolute atomic E-state index is 0. The maximum absolute atomic E-state index is 11.8. The molecule has 0 bridgehead atoms. The maximum atomic E-state index is 11.8. The summed E-state index contributed by atoms with van der Waals surface area (Å²) in [5.41, 5.74) is 5.54. The number of benzene rings is 1. The first kappa shape index (κ1) is 18.7. The molecule has 0 radical (unpaired) electrons. The number of likely N-dealkylation sites (N-methyl/N-ethyl adjacent to an activating group) is 1. The summed E-state index contributed by atoms with van der Waals surface area (Å²) in [4.78, 5) is 24.3. The van der Waals surface area contributed by atoms with E-state index in [-0.39, 0.29) is 30.0 Å².